The van der Waals surface area contributed by atoms with Gasteiger partial charge in [-0.2, -0.15) is 0 Å². The van der Waals surface area contributed by atoms with Gasteiger partial charge in [0.25, 0.3) is 0 Å². The molecule has 0 unspecified atom stereocenters. The lowest BCUT2D eigenvalue weighted by molar-refractivity contribution is 0.276. The molecule has 0 atom stereocenters. The molecule has 0 aliphatic carbocycles. The van der Waals surface area contributed by atoms with Gasteiger partial charge >= 0.3 is 0 Å². The molecular formula is C14H11BrFNO. The van der Waals surface area contributed by atoms with Crippen LogP contribution in [0, 0.1) is 5.82 Å². The van der Waals surface area contributed by atoms with Crippen molar-refractivity contribution in [2.75, 3.05) is 6.61 Å². The van der Waals surface area contributed by atoms with E-state index in [2.05, 4.69) is 20.9 Å². The van der Waals surface area contributed by atoms with E-state index in [1.165, 1.54) is 12.1 Å². The monoisotopic (exact) mass is 307 g/mol. The lowest BCUT2D eigenvalue weighted by atomic mass is 10.1. The van der Waals surface area contributed by atoms with E-state index in [1.54, 1.807) is 6.07 Å². The lowest BCUT2D eigenvalue weighted by Crippen LogP contribution is -2.10. The van der Waals surface area contributed by atoms with E-state index in [-0.39, 0.29) is 5.82 Å². The van der Waals surface area contributed by atoms with E-state index in [4.69, 9.17) is 4.74 Å². The van der Waals surface area contributed by atoms with Crippen LogP contribution in [0.15, 0.2) is 34.8 Å². The van der Waals surface area contributed by atoms with Crippen LogP contribution in [0.5, 0.6) is 5.88 Å². The first-order valence-electron chi connectivity index (χ1n) is 5.82. The second kappa shape index (κ2) is 4.69. The first-order valence-corrected chi connectivity index (χ1v) is 6.61. The summed E-state index contributed by atoms with van der Waals surface area (Å²) in [5.41, 5.74) is 2.57. The van der Waals surface area contributed by atoms with Gasteiger partial charge in [0.05, 0.1) is 12.3 Å². The van der Waals surface area contributed by atoms with Gasteiger partial charge in [-0.05, 0) is 47.0 Å². The zero-order valence-electron chi connectivity index (χ0n) is 9.62. The van der Waals surface area contributed by atoms with Gasteiger partial charge < -0.3 is 4.74 Å². The topological polar surface area (TPSA) is 22.1 Å². The number of benzene rings is 1. The third-order valence-corrected chi connectivity index (χ3v) is 3.55. The predicted molar refractivity (Wildman–Crippen MR) is 71.1 cm³/mol. The van der Waals surface area contributed by atoms with E-state index >= 15 is 0 Å². The van der Waals surface area contributed by atoms with E-state index in [1.807, 2.05) is 12.1 Å². The molecule has 0 fully saturated rings. The van der Waals surface area contributed by atoms with Crippen molar-refractivity contribution < 1.29 is 9.13 Å². The SMILES string of the molecule is Fc1cccc(-c2nc3c(cc2Br)CCCO3)c1. The van der Waals surface area contributed by atoms with Crippen LogP contribution in [0.2, 0.25) is 0 Å². The number of fused-ring (bicyclic) bond motifs is 1. The van der Waals surface area contributed by atoms with Crippen molar-refractivity contribution in [2.24, 2.45) is 0 Å². The highest BCUT2D eigenvalue weighted by atomic mass is 79.9. The molecule has 1 aromatic carbocycles. The molecule has 2 aromatic rings. The molecule has 0 radical (unpaired) electrons. The molecule has 1 aromatic heterocycles. The Balaban J connectivity index is 2.12. The van der Waals surface area contributed by atoms with Gasteiger partial charge in [-0.25, -0.2) is 9.37 Å². The number of rotatable bonds is 1. The Morgan fingerprint density at radius 1 is 1.28 bits per heavy atom. The van der Waals surface area contributed by atoms with Crippen LogP contribution in [-0.2, 0) is 6.42 Å². The molecule has 0 amide bonds. The Morgan fingerprint density at radius 2 is 2.17 bits per heavy atom. The minimum absolute atomic E-state index is 0.264. The van der Waals surface area contributed by atoms with Gasteiger partial charge in [0.15, 0.2) is 0 Å². The van der Waals surface area contributed by atoms with Crippen LogP contribution in [0.1, 0.15) is 12.0 Å². The summed E-state index contributed by atoms with van der Waals surface area (Å²) in [6, 6.07) is 8.43. The molecule has 1 aliphatic heterocycles. The largest absolute Gasteiger partial charge is 0.477 e. The third kappa shape index (κ3) is 2.12. The zero-order chi connectivity index (χ0) is 12.5. The van der Waals surface area contributed by atoms with Crippen LogP contribution < -0.4 is 4.74 Å². The van der Waals surface area contributed by atoms with Gasteiger partial charge in [0, 0.05) is 15.6 Å². The molecule has 4 heteroatoms. The standard InChI is InChI=1S/C14H11BrFNO/c15-12-8-10-4-2-6-18-14(10)17-13(12)9-3-1-5-11(16)7-9/h1,3,5,7-8H,2,4,6H2. The molecule has 0 saturated heterocycles. The Morgan fingerprint density at radius 3 is 3.00 bits per heavy atom. The molecule has 18 heavy (non-hydrogen) atoms. The van der Waals surface area contributed by atoms with E-state index < -0.39 is 0 Å². The predicted octanol–water partition coefficient (Wildman–Crippen LogP) is 3.98. The number of aromatic nitrogens is 1. The van der Waals surface area contributed by atoms with Crippen molar-refractivity contribution in [1.82, 2.24) is 4.98 Å². The van der Waals surface area contributed by atoms with Crippen molar-refractivity contribution >= 4 is 15.9 Å². The van der Waals surface area contributed by atoms with Crippen molar-refractivity contribution in [3.8, 4) is 17.1 Å². The van der Waals surface area contributed by atoms with Gasteiger partial charge in [0.1, 0.15) is 5.82 Å². The minimum atomic E-state index is -0.264. The molecule has 2 heterocycles. The molecule has 0 spiro atoms. The first-order chi connectivity index (χ1) is 8.74. The smallest absolute Gasteiger partial charge is 0.217 e. The number of pyridine rings is 1. The molecule has 0 N–H and O–H groups in total. The fraction of sp³-hybridized carbons (Fsp3) is 0.214. The Labute approximate surface area is 113 Å². The average molecular weight is 308 g/mol. The van der Waals surface area contributed by atoms with Gasteiger partial charge in [-0.15, -0.1) is 0 Å². The second-order valence-electron chi connectivity index (χ2n) is 4.25. The quantitative estimate of drug-likeness (QED) is 0.795. The first kappa shape index (κ1) is 11.7. The van der Waals surface area contributed by atoms with Crippen LogP contribution in [0.25, 0.3) is 11.3 Å². The summed E-state index contributed by atoms with van der Waals surface area (Å²) < 4.78 is 19.7. The maximum atomic E-state index is 13.2. The van der Waals surface area contributed by atoms with E-state index in [0.29, 0.717) is 12.5 Å². The number of nitrogens with zero attached hydrogens (tertiary/aromatic N) is 1. The summed E-state index contributed by atoms with van der Waals surface area (Å²) in [6.07, 6.45) is 1.99. The lowest BCUT2D eigenvalue weighted by Gasteiger charge is -2.17. The maximum absolute atomic E-state index is 13.2. The average Bonchev–Trinajstić information content (AvgIpc) is 2.38. The highest BCUT2D eigenvalue weighted by Crippen LogP contribution is 2.33. The molecule has 2 nitrogen and oxygen atoms in total. The summed E-state index contributed by atoms with van der Waals surface area (Å²) >= 11 is 3.50. The molecule has 0 saturated carbocycles. The van der Waals surface area contributed by atoms with Crippen molar-refractivity contribution in [1.29, 1.82) is 0 Å². The second-order valence-corrected chi connectivity index (χ2v) is 5.10. The third-order valence-electron chi connectivity index (χ3n) is 2.94. The van der Waals surface area contributed by atoms with Crippen molar-refractivity contribution in [2.45, 2.75) is 12.8 Å². The molecule has 1 aliphatic rings. The summed E-state index contributed by atoms with van der Waals surface area (Å²) in [7, 11) is 0. The maximum Gasteiger partial charge on any atom is 0.217 e. The Hall–Kier alpha value is -1.42. The number of hydrogen-bond donors (Lipinski definition) is 0. The minimum Gasteiger partial charge on any atom is -0.477 e. The number of aryl methyl sites for hydroxylation is 1. The fourth-order valence-corrected chi connectivity index (χ4v) is 2.68. The summed E-state index contributed by atoms with van der Waals surface area (Å²) in [5.74, 6) is 0.406. The summed E-state index contributed by atoms with van der Waals surface area (Å²) in [4.78, 5) is 4.49. The molecular weight excluding hydrogens is 297 g/mol. The van der Waals surface area contributed by atoms with Crippen LogP contribution in [-0.4, -0.2) is 11.6 Å². The molecule has 0 bridgehead atoms. The normalized spacial score (nSPS) is 13.9. The van der Waals surface area contributed by atoms with E-state index in [0.717, 1.165) is 34.1 Å². The Kier molecular flexibility index (Phi) is 3.04. The van der Waals surface area contributed by atoms with Crippen LogP contribution >= 0.6 is 15.9 Å². The van der Waals surface area contributed by atoms with Crippen LogP contribution in [0.4, 0.5) is 4.39 Å². The molecule has 92 valence electrons. The zero-order valence-corrected chi connectivity index (χ0v) is 11.2. The van der Waals surface area contributed by atoms with Gasteiger partial charge in [-0.3, -0.25) is 0 Å². The van der Waals surface area contributed by atoms with Gasteiger partial charge in [-0.1, -0.05) is 12.1 Å². The summed E-state index contributed by atoms with van der Waals surface area (Å²) in [6.45, 7) is 0.699. The number of ether oxygens (including phenoxy) is 1. The number of hydrogen-bond acceptors (Lipinski definition) is 2. The van der Waals surface area contributed by atoms with E-state index in [9.17, 15) is 4.39 Å². The van der Waals surface area contributed by atoms with Crippen LogP contribution in [0.3, 0.4) is 0 Å². The molecule has 3 rings (SSSR count). The van der Waals surface area contributed by atoms with Crippen molar-refractivity contribution in [3.63, 3.8) is 0 Å². The number of halogens is 2. The fourth-order valence-electron chi connectivity index (χ4n) is 2.08. The Bertz CT molecular complexity index is 600. The highest BCUT2D eigenvalue weighted by molar-refractivity contribution is 9.10. The van der Waals surface area contributed by atoms with Crippen molar-refractivity contribution in [3.05, 3.63) is 46.2 Å². The van der Waals surface area contributed by atoms with Gasteiger partial charge in [0.2, 0.25) is 5.88 Å². The highest BCUT2D eigenvalue weighted by Gasteiger charge is 2.16. The summed E-state index contributed by atoms with van der Waals surface area (Å²) in [5, 5.41) is 0.